The number of allylic oxidation sites excluding steroid dienone is 2. The van der Waals surface area contributed by atoms with Gasteiger partial charge in [-0.15, -0.1) is 0 Å². The van der Waals surface area contributed by atoms with Crippen LogP contribution in [-0.2, 0) is 0 Å². The van der Waals surface area contributed by atoms with Gasteiger partial charge < -0.3 is 5.73 Å². The fourth-order valence-corrected chi connectivity index (χ4v) is 1.67. The molecule has 1 unspecified atom stereocenters. The van der Waals surface area contributed by atoms with Crippen LogP contribution in [0.4, 0.5) is 0 Å². The van der Waals surface area contributed by atoms with Crippen molar-refractivity contribution in [2.45, 2.75) is 18.9 Å². The molecule has 0 aliphatic heterocycles. The number of hydrogen-bond donors (Lipinski definition) is 1. The Balaban J connectivity index is 2.20. The maximum atomic E-state index is 12.1. The van der Waals surface area contributed by atoms with E-state index in [1.807, 2.05) is 55.5 Å². The Morgan fingerprint density at radius 1 is 1.31 bits per heavy atom. The molecular formula is C14H15NO. The fraction of sp³-hybridized carbons (Fsp3) is 0.214. The zero-order chi connectivity index (χ0) is 11.6. The van der Waals surface area contributed by atoms with E-state index in [1.165, 1.54) is 0 Å². The molecule has 0 fully saturated rings. The second kappa shape index (κ2) is 4.06. The second-order valence-electron chi connectivity index (χ2n) is 4.40. The molecule has 0 radical (unpaired) electrons. The highest BCUT2D eigenvalue weighted by atomic mass is 16.1. The van der Waals surface area contributed by atoms with E-state index in [0.29, 0.717) is 6.42 Å². The third-order valence-corrected chi connectivity index (χ3v) is 2.70. The van der Waals surface area contributed by atoms with Crippen molar-refractivity contribution >= 4 is 5.78 Å². The van der Waals surface area contributed by atoms with E-state index in [1.54, 1.807) is 0 Å². The van der Waals surface area contributed by atoms with Gasteiger partial charge in [0.05, 0.1) is 0 Å². The summed E-state index contributed by atoms with van der Waals surface area (Å²) in [4.78, 5) is 12.1. The molecule has 82 valence electrons. The Kier molecular flexibility index (Phi) is 2.75. The van der Waals surface area contributed by atoms with Crippen LogP contribution in [0.3, 0.4) is 0 Å². The zero-order valence-corrected chi connectivity index (χ0v) is 9.31. The standard InChI is InChI=1S/C14H15NO/c1-14(15)9-7-12(8-10-14)13(16)11-5-3-2-4-6-11/h2-9H,10,15H2,1H3. The molecule has 1 aliphatic carbocycles. The summed E-state index contributed by atoms with van der Waals surface area (Å²) in [5, 5.41) is 0. The van der Waals surface area contributed by atoms with Crippen LogP contribution in [0.25, 0.3) is 0 Å². The average Bonchev–Trinajstić information content (AvgIpc) is 2.29. The van der Waals surface area contributed by atoms with Crippen molar-refractivity contribution in [3.05, 3.63) is 59.7 Å². The molecule has 1 aromatic rings. The Hall–Kier alpha value is -1.67. The topological polar surface area (TPSA) is 43.1 Å². The van der Waals surface area contributed by atoms with Crippen LogP contribution in [0.15, 0.2) is 54.1 Å². The molecule has 2 heteroatoms. The minimum atomic E-state index is -0.319. The summed E-state index contributed by atoms with van der Waals surface area (Å²) in [5.41, 5.74) is 7.07. The summed E-state index contributed by atoms with van der Waals surface area (Å²) < 4.78 is 0. The van der Waals surface area contributed by atoms with Crippen molar-refractivity contribution in [1.82, 2.24) is 0 Å². The zero-order valence-electron chi connectivity index (χ0n) is 9.31. The van der Waals surface area contributed by atoms with Gasteiger partial charge in [-0.1, -0.05) is 48.6 Å². The summed E-state index contributed by atoms with van der Waals surface area (Å²) in [7, 11) is 0. The van der Waals surface area contributed by atoms with Crippen LogP contribution < -0.4 is 5.73 Å². The third kappa shape index (κ3) is 2.28. The van der Waals surface area contributed by atoms with Crippen molar-refractivity contribution in [1.29, 1.82) is 0 Å². The fourth-order valence-electron chi connectivity index (χ4n) is 1.67. The lowest BCUT2D eigenvalue weighted by atomic mass is 9.89. The van der Waals surface area contributed by atoms with Gasteiger partial charge in [-0.2, -0.15) is 0 Å². The summed E-state index contributed by atoms with van der Waals surface area (Å²) in [6.45, 7) is 1.95. The highest BCUT2D eigenvalue weighted by Gasteiger charge is 2.19. The van der Waals surface area contributed by atoms with Gasteiger partial charge >= 0.3 is 0 Å². The van der Waals surface area contributed by atoms with E-state index in [9.17, 15) is 4.79 Å². The molecule has 0 heterocycles. The maximum absolute atomic E-state index is 12.1. The summed E-state index contributed by atoms with van der Waals surface area (Å²) in [6, 6.07) is 9.29. The molecule has 0 aromatic heterocycles. The first-order chi connectivity index (χ1) is 7.58. The minimum Gasteiger partial charge on any atom is -0.322 e. The van der Waals surface area contributed by atoms with E-state index in [2.05, 4.69) is 0 Å². The minimum absolute atomic E-state index is 0.0624. The van der Waals surface area contributed by atoms with Gasteiger partial charge in [0.15, 0.2) is 5.78 Å². The maximum Gasteiger partial charge on any atom is 0.192 e. The Morgan fingerprint density at radius 3 is 2.56 bits per heavy atom. The molecule has 2 nitrogen and oxygen atoms in total. The number of carbonyl (C=O) groups excluding carboxylic acids is 1. The number of rotatable bonds is 2. The highest BCUT2D eigenvalue weighted by Crippen LogP contribution is 2.20. The van der Waals surface area contributed by atoms with Crippen LogP contribution in [0.5, 0.6) is 0 Å². The van der Waals surface area contributed by atoms with E-state index in [0.717, 1.165) is 11.1 Å². The smallest absolute Gasteiger partial charge is 0.192 e. The van der Waals surface area contributed by atoms with Gasteiger partial charge in [0.1, 0.15) is 0 Å². The number of hydrogen-bond acceptors (Lipinski definition) is 2. The molecule has 16 heavy (non-hydrogen) atoms. The summed E-state index contributed by atoms with van der Waals surface area (Å²) in [5.74, 6) is 0.0624. The molecule has 0 bridgehead atoms. The van der Waals surface area contributed by atoms with Crippen LogP contribution in [-0.4, -0.2) is 11.3 Å². The first kappa shape index (κ1) is 10.8. The predicted octanol–water partition coefficient (Wildman–Crippen LogP) is 2.47. The van der Waals surface area contributed by atoms with Crippen LogP contribution >= 0.6 is 0 Å². The van der Waals surface area contributed by atoms with E-state index in [-0.39, 0.29) is 11.3 Å². The molecular weight excluding hydrogens is 198 g/mol. The second-order valence-corrected chi connectivity index (χ2v) is 4.40. The number of benzene rings is 1. The molecule has 0 saturated carbocycles. The van der Waals surface area contributed by atoms with Gasteiger partial charge in [-0.3, -0.25) is 4.79 Å². The summed E-state index contributed by atoms with van der Waals surface area (Å²) >= 11 is 0. The van der Waals surface area contributed by atoms with Gasteiger partial charge in [0.2, 0.25) is 0 Å². The van der Waals surface area contributed by atoms with E-state index < -0.39 is 0 Å². The summed E-state index contributed by atoms with van der Waals surface area (Å²) in [6.07, 6.45) is 6.33. The molecule has 1 atom stereocenters. The Morgan fingerprint density at radius 2 is 2.00 bits per heavy atom. The van der Waals surface area contributed by atoms with Gasteiger partial charge in [0.25, 0.3) is 0 Å². The quantitative estimate of drug-likeness (QED) is 0.767. The highest BCUT2D eigenvalue weighted by molar-refractivity contribution is 6.10. The Bertz CT molecular complexity index is 455. The number of carbonyl (C=O) groups is 1. The molecule has 2 rings (SSSR count). The van der Waals surface area contributed by atoms with Crippen molar-refractivity contribution in [2.75, 3.05) is 0 Å². The van der Waals surface area contributed by atoms with Crippen molar-refractivity contribution in [3.8, 4) is 0 Å². The normalized spacial score (nSPS) is 24.0. The van der Waals surface area contributed by atoms with Crippen LogP contribution in [0.1, 0.15) is 23.7 Å². The SMILES string of the molecule is CC1(N)C=CC(C(=O)c2ccccc2)=CC1. The van der Waals surface area contributed by atoms with Gasteiger partial charge in [0, 0.05) is 16.7 Å². The third-order valence-electron chi connectivity index (χ3n) is 2.70. The molecule has 1 aliphatic rings. The average molecular weight is 213 g/mol. The van der Waals surface area contributed by atoms with Crippen molar-refractivity contribution in [3.63, 3.8) is 0 Å². The molecule has 2 N–H and O–H groups in total. The van der Waals surface area contributed by atoms with Crippen LogP contribution in [0.2, 0.25) is 0 Å². The van der Waals surface area contributed by atoms with E-state index >= 15 is 0 Å². The number of ketones is 1. The first-order valence-corrected chi connectivity index (χ1v) is 5.36. The molecule has 0 amide bonds. The van der Waals surface area contributed by atoms with Crippen molar-refractivity contribution < 1.29 is 4.79 Å². The van der Waals surface area contributed by atoms with E-state index in [4.69, 9.17) is 5.73 Å². The molecule has 0 saturated heterocycles. The van der Waals surface area contributed by atoms with Gasteiger partial charge in [-0.05, 0) is 13.3 Å². The molecule has 1 aromatic carbocycles. The molecule has 0 spiro atoms. The lowest BCUT2D eigenvalue weighted by molar-refractivity contribution is 0.103. The predicted molar refractivity (Wildman–Crippen MR) is 65.2 cm³/mol. The van der Waals surface area contributed by atoms with Gasteiger partial charge in [-0.25, -0.2) is 0 Å². The Labute approximate surface area is 95.5 Å². The lowest BCUT2D eigenvalue weighted by Crippen LogP contribution is -2.34. The lowest BCUT2D eigenvalue weighted by Gasteiger charge is -2.22. The number of nitrogens with two attached hydrogens (primary N) is 1. The van der Waals surface area contributed by atoms with Crippen molar-refractivity contribution in [2.24, 2.45) is 5.73 Å². The first-order valence-electron chi connectivity index (χ1n) is 5.36. The number of Topliss-reactive ketones (excluding diaryl/α,β-unsaturated/α-hetero) is 1. The largest absolute Gasteiger partial charge is 0.322 e. The monoisotopic (exact) mass is 213 g/mol. The van der Waals surface area contributed by atoms with Crippen LogP contribution in [0, 0.1) is 0 Å².